The second-order valence-electron chi connectivity index (χ2n) is 5.25. The topological polar surface area (TPSA) is 55.9 Å². The summed E-state index contributed by atoms with van der Waals surface area (Å²) >= 11 is 0. The second-order valence-corrected chi connectivity index (χ2v) is 5.25. The number of nitrogens with zero attached hydrogens (tertiary/aromatic N) is 3. The predicted octanol–water partition coefficient (Wildman–Crippen LogP) is 2.88. The van der Waals surface area contributed by atoms with Crippen LogP contribution in [0.2, 0.25) is 0 Å². The van der Waals surface area contributed by atoms with Gasteiger partial charge in [0.25, 0.3) is 0 Å². The van der Waals surface area contributed by atoms with E-state index in [0.717, 1.165) is 19.5 Å². The normalized spacial score (nSPS) is 11.3. The molecule has 0 fully saturated rings. The van der Waals surface area contributed by atoms with E-state index in [1.807, 2.05) is 6.92 Å². The highest BCUT2D eigenvalue weighted by molar-refractivity contribution is 5.80. The first-order valence-corrected chi connectivity index (χ1v) is 7.34. The monoisotopic (exact) mass is 284 g/mol. The Morgan fingerprint density at radius 1 is 1.29 bits per heavy atom. The number of aromatic nitrogens is 3. The van der Waals surface area contributed by atoms with Crippen LogP contribution >= 0.6 is 0 Å². The van der Waals surface area contributed by atoms with Crippen LogP contribution in [0.25, 0.3) is 10.9 Å². The third kappa shape index (κ3) is 3.13. The van der Waals surface area contributed by atoms with Crippen molar-refractivity contribution in [2.24, 2.45) is 0 Å². The van der Waals surface area contributed by atoms with Crippen molar-refractivity contribution in [2.45, 2.75) is 33.4 Å². The van der Waals surface area contributed by atoms with Gasteiger partial charge in [-0.25, -0.2) is 0 Å². The summed E-state index contributed by atoms with van der Waals surface area (Å²) in [6.45, 7) is 6.55. The Kier molecular flexibility index (Phi) is 4.01. The van der Waals surface area contributed by atoms with E-state index in [1.54, 1.807) is 0 Å². The van der Waals surface area contributed by atoms with E-state index in [0.29, 0.717) is 18.3 Å². The van der Waals surface area contributed by atoms with Crippen molar-refractivity contribution >= 4 is 10.9 Å². The molecule has 0 unspecified atom stereocenters. The Morgan fingerprint density at radius 3 is 2.95 bits per heavy atom. The summed E-state index contributed by atoms with van der Waals surface area (Å²) in [7, 11) is 0. The summed E-state index contributed by atoms with van der Waals surface area (Å²) in [5, 5.41) is 8.49. The summed E-state index contributed by atoms with van der Waals surface area (Å²) in [5.74, 6) is 1.31. The van der Waals surface area contributed by atoms with E-state index in [2.05, 4.69) is 57.4 Å². The number of rotatable bonds is 6. The summed E-state index contributed by atoms with van der Waals surface area (Å²) in [6.07, 6.45) is 3.21. The highest BCUT2D eigenvalue weighted by Crippen LogP contribution is 2.19. The lowest BCUT2D eigenvalue weighted by Gasteiger charge is -2.06. The number of nitrogens with one attached hydrogen (secondary N) is 1. The van der Waals surface area contributed by atoms with Crippen molar-refractivity contribution in [1.82, 2.24) is 20.0 Å². The molecular formula is C16H20N4O. The molecule has 2 aromatic heterocycles. The van der Waals surface area contributed by atoms with E-state index in [4.69, 9.17) is 4.52 Å². The summed E-state index contributed by atoms with van der Waals surface area (Å²) in [5.41, 5.74) is 2.49. The fourth-order valence-corrected chi connectivity index (χ4v) is 2.44. The Hall–Kier alpha value is -2.14. The van der Waals surface area contributed by atoms with Crippen LogP contribution in [0, 0.1) is 6.92 Å². The second kappa shape index (κ2) is 6.10. The molecule has 0 radical (unpaired) electrons. The van der Waals surface area contributed by atoms with Gasteiger partial charge in [0.2, 0.25) is 5.89 Å². The summed E-state index contributed by atoms with van der Waals surface area (Å²) in [6, 6.07) is 8.67. The number of hydrogen-bond acceptors (Lipinski definition) is 4. The highest BCUT2D eigenvalue weighted by Gasteiger charge is 2.07. The number of fused-ring (bicyclic) bond motifs is 1. The van der Waals surface area contributed by atoms with Crippen LogP contribution in [0.5, 0.6) is 0 Å². The van der Waals surface area contributed by atoms with E-state index >= 15 is 0 Å². The van der Waals surface area contributed by atoms with E-state index in [9.17, 15) is 0 Å². The number of benzene rings is 1. The lowest BCUT2D eigenvalue weighted by atomic mass is 10.1. The zero-order valence-corrected chi connectivity index (χ0v) is 12.5. The minimum absolute atomic E-state index is 0.607. The van der Waals surface area contributed by atoms with Crippen molar-refractivity contribution in [2.75, 3.05) is 6.54 Å². The zero-order chi connectivity index (χ0) is 14.7. The molecule has 1 aromatic carbocycles. The molecule has 0 saturated heterocycles. The quantitative estimate of drug-likeness (QED) is 0.707. The molecule has 0 bridgehead atoms. The molecule has 0 amide bonds. The van der Waals surface area contributed by atoms with Gasteiger partial charge in [-0.3, -0.25) is 0 Å². The number of aryl methyl sites for hydroxylation is 1. The molecule has 0 atom stereocenters. The molecule has 0 spiro atoms. The van der Waals surface area contributed by atoms with Crippen LogP contribution in [0.3, 0.4) is 0 Å². The van der Waals surface area contributed by atoms with Crippen LogP contribution in [0.15, 0.2) is 35.0 Å². The van der Waals surface area contributed by atoms with Crippen molar-refractivity contribution in [3.63, 3.8) is 0 Å². The SMILES string of the molecule is CCCNCc1ccc2ccn(Cc3nc(C)no3)c2c1. The van der Waals surface area contributed by atoms with E-state index in [-0.39, 0.29) is 0 Å². The molecule has 0 saturated carbocycles. The third-order valence-corrected chi connectivity index (χ3v) is 3.47. The molecule has 21 heavy (non-hydrogen) atoms. The van der Waals surface area contributed by atoms with Crippen LogP contribution in [0.1, 0.15) is 30.6 Å². The van der Waals surface area contributed by atoms with Gasteiger partial charge in [0.05, 0.1) is 0 Å². The minimum atomic E-state index is 0.607. The molecule has 3 rings (SSSR count). The van der Waals surface area contributed by atoms with Crippen LogP contribution in [0.4, 0.5) is 0 Å². The van der Waals surface area contributed by atoms with Crippen LogP contribution in [-0.4, -0.2) is 21.3 Å². The highest BCUT2D eigenvalue weighted by atomic mass is 16.5. The third-order valence-electron chi connectivity index (χ3n) is 3.47. The zero-order valence-electron chi connectivity index (χ0n) is 12.5. The fraction of sp³-hybridized carbons (Fsp3) is 0.375. The molecular weight excluding hydrogens is 264 g/mol. The van der Waals surface area contributed by atoms with Crippen molar-refractivity contribution in [3.05, 3.63) is 47.7 Å². The Bertz CT molecular complexity index is 729. The summed E-state index contributed by atoms with van der Waals surface area (Å²) in [4.78, 5) is 4.26. The van der Waals surface area contributed by atoms with Gasteiger partial charge >= 0.3 is 0 Å². The van der Waals surface area contributed by atoms with Crippen molar-refractivity contribution in [3.8, 4) is 0 Å². The maximum absolute atomic E-state index is 5.20. The molecule has 5 heteroatoms. The van der Waals surface area contributed by atoms with Gasteiger partial charge in [-0.05, 0) is 43.0 Å². The fourth-order valence-electron chi connectivity index (χ4n) is 2.44. The molecule has 5 nitrogen and oxygen atoms in total. The number of hydrogen-bond donors (Lipinski definition) is 1. The Labute approximate surface area is 124 Å². The molecule has 0 aliphatic rings. The van der Waals surface area contributed by atoms with Gasteiger partial charge in [0.15, 0.2) is 5.82 Å². The predicted molar refractivity (Wildman–Crippen MR) is 82.1 cm³/mol. The van der Waals surface area contributed by atoms with E-state index < -0.39 is 0 Å². The molecule has 2 heterocycles. The minimum Gasteiger partial charge on any atom is -0.338 e. The van der Waals surface area contributed by atoms with Gasteiger partial charge in [-0.15, -0.1) is 0 Å². The Balaban J connectivity index is 1.83. The largest absolute Gasteiger partial charge is 0.338 e. The first-order chi connectivity index (χ1) is 10.3. The van der Waals surface area contributed by atoms with Gasteiger partial charge in [-0.2, -0.15) is 4.98 Å². The molecule has 1 N–H and O–H groups in total. The summed E-state index contributed by atoms with van der Waals surface area (Å²) < 4.78 is 7.35. The first-order valence-electron chi connectivity index (χ1n) is 7.34. The van der Waals surface area contributed by atoms with Gasteiger partial charge in [-0.1, -0.05) is 24.2 Å². The molecule has 3 aromatic rings. The van der Waals surface area contributed by atoms with Crippen LogP contribution in [-0.2, 0) is 13.1 Å². The lowest BCUT2D eigenvalue weighted by Crippen LogP contribution is -2.13. The van der Waals surface area contributed by atoms with Gasteiger partial charge < -0.3 is 14.4 Å². The first kappa shape index (κ1) is 13.8. The maximum Gasteiger partial charge on any atom is 0.246 e. The van der Waals surface area contributed by atoms with Crippen molar-refractivity contribution in [1.29, 1.82) is 0 Å². The van der Waals surface area contributed by atoms with Gasteiger partial charge in [0.1, 0.15) is 6.54 Å². The average molecular weight is 284 g/mol. The smallest absolute Gasteiger partial charge is 0.246 e. The van der Waals surface area contributed by atoms with Crippen molar-refractivity contribution < 1.29 is 4.52 Å². The van der Waals surface area contributed by atoms with Crippen LogP contribution < -0.4 is 5.32 Å². The Morgan fingerprint density at radius 2 is 2.19 bits per heavy atom. The lowest BCUT2D eigenvalue weighted by molar-refractivity contribution is 0.369. The van der Waals surface area contributed by atoms with E-state index in [1.165, 1.54) is 16.5 Å². The molecule has 0 aliphatic heterocycles. The van der Waals surface area contributed by atoms with Gasteiger partial charge in [0, 0.05) is 18.3 Å². The molecule has 110 valence electrons. The molecule has 0 aliphatic carbocycles. The maximum atomic E-state index is 5.20. The average Bonchev–Trinajstić information content (AvgIpc) is 3.07. The standard InChI is InChI=1S/C16H20N4O/c1-3-7-17-10-13-4-5-14-6-8-20(15(14)9-13)11-16-18-12(2)19-21-16/h4-6,8-9,17H,3,7,10-11H2,1-2H3.